The number of anilines is 1. The summed E-state index contributed by atoms with van der Waals surface area (Å²) in [6.07, 6.45) is 0. The third-order valence-corrected chi connectivity index (χ3v) is 8.60. The van der Waals surface area contributed by atoms with Crippen molar-refractivity contribution < 1.29 is 22.7 Å². The zero-order valence-corrected chi connectivity index (χ0v) is 22.8. The molecule has 8 nitrogen and oxygen atoms in total. The van der Waals surface area contributed by atoms with Gasteiger partial charge in [0.1, 0.15) is 0 Å². The van der Waals surface area contributed by atoms with Gasteiger partial charge in [-0.3, -0.25) is 10.1 Å². The Bertz CT molecular complexity index is 1510. The van der Waals surface area contributed by atoms with Crippen molar-refractivity contribution in [1.29, 1.82) is 0 Å². The Kier molecular flexibility index (Phi) is 8.35. The second-order valence-corrected chi connectivity index (χ2v) is 11.5. The summed E-state index contributed by atoms with van der Waals surface area (Å²) < 4.78 is 32.9. The van der Waals surface area contributed by atoms with Gasteiger partial charge >= 0.3 is 5.97 Å². The van der Waals surface area contributed by atoms with E-state index in [1.54, 1.807) is 29.6 Å². The number of hydrogen-bond donors (Lipinski definition) is 1. The van der Waals surface area contributed by atoms with Crippen LogP contribution in [0.2, 0.25) is 0 Å². The quantitative estimate of drug-likeness (QED) is 0.279. The van der Waals surface area contributed by atoms with Crippen LogP contribution in [0.15, 0.2) is 89.1 Å². The van der Waals surface area contributed by atoms with Crippen LogP contribution < -0.4 is 5.32 Å². The number of sulfonamides is 1. The van der Waals surface area contributed by atoms with Crippen molar-refractivity contribution in [2.45, 2.75) is 31.3 Å². The lowest BCUT2D eigenvalue weighted by Gasteiger charge is -2.26. The van der Waals surface area contributed by atoms with E-state index < -0.39 is 21.9 Å². The predicted octanol–water partition coefficient (Wildman–Crippen LogP) is 5.45. The highest BCUT2D eigenvalue weighted by atomic mass is 32.2. The van der Waals surface area contributed by atoms with Gasteiger partial charge < -0.3 is 4.74 Å². The highest BCUT2D eigenvalue weighted by molar-refractivity contribution is 7.89. The van der Waals surface area contributed by atoms with Crippen molar-refractivity contribution in [3.05, 3.63) is 101 Å². The van der Waals surface area contributed by atoms with Crippen molar-refractivity contribution in [2.24, 2.45) is 0 Å². The molecule has 0 saturated carbocycles. The second kappa shape index (κ2) is 11.7. The normalized spacial score (nSPS) is 11.5. The molecule has 1 amide bonds. The van der Waals surface area contributed by atoms with Crippen LogP contribution in [0.4, 0.5) is 5.13 Å². The standard InChI is InChI=1S/C28H27N3O5S2/c1-19(2)31(17-20-7-5-4-6-8-20)38(34,35)24-15-13-22(14-16-24)26(32)30-28-29-25(18-37-28)21-9-11-23(12-10-21)27(33)36-3/h4-16,18-19H,17H2,1-3H3,(H,29,30,32). The lowest BCUT2D eigenvalue weighted by Crippen LogP contribution is -2.36. The molecule has 1 aromatic heterocycles. The zero-order chi connectivity index (χ0) is 27.3. The number of nitrogens with zero attached hydrogens (tertiary/aromatic N) is 2. The molecule has 196 valence electrons. The first-order valence-corrected chi connectivity index (χ1v) is 14.1. The SMILES string of the molecule is COC(=O)c1ccc(-c2csc(NC(=O)c3ccc(S(=O)(=O)N(Cc4ccccc4)C(C)C)cc3)n2)cc1. The summed E-state index contributed by atoms with van der Waals surface area (Å²) in [5, 5.41) is 4.95. The summed E-state index contributed by atoms with van der Waals surface area (Å²) in [6.45, 7) is 3.91. The van der Waals surface area contributed by atoms with E-state index in [0.717, 1.165) is 11.1 Å². The topological polar surface area (TPSA) is 106 Å². The fraction of sp³-hybridized carbons (Fsp3) is 0.179. The molecule has 3 aromatic carbocycles. The summed E-state index contributed by atoms with van der Waals surface area (Å²) in [5.74, 6) is -0.824. The summed E-state index contributed by atoms with van der Waals surface area (Å²) >= 11 is 1.26. The summed E-state index contributed by atoms with van der Waals surface area (Å²) in [7, 11) is -2.45. The van der Waals surface area contributed by atoms with Gasteiger partial charge in [0.25, 0.3) is 5.91 Å². The summed E-state index contributed by atoms with van der Waals surface area (Å²) in [4.78, 5) is 29.0. The molecule has 38 heavy (non-hydrogen) atoms. The van der Waals surface area contributed by atoms with E-state index >= 15 is 0 Å². The molecule has 0 atom stereocenters. The van der Waals surface area contributed by atoms with Crippen molar-refractivity contribution in [1.82, 2.24) is 9.29 Å². The number of aromatic nitrogens is 1. The van der Waals surface area contributed by atoms with Gasteiger partial charge in [-0.2, -0.15) is 4.31 Å². The van der Waals surface area contributed by atoms with Gasteiger partial charge in [0, 0.05) is 29.1 Å². The van der Waals surface area contributed by atoms with Crippen molar-refractivity contribution in [3.8, 4) is 11.3 Å². The largest absolute Gasteiger partial charge is 0.465 e. The number of thiazole rings is 1. The Morgan fingerprint density at radius 1 is 0.947 bits per heavy atom. The molecule has 4 aromatic rings. The first-order chi connectivity index (χ1) is 18.2. The summed E-state index contributed by atoms with van der Waals surface area (Å²) in [6, 6.07) is 21.8. The first-order valence-electron chi connectivity index (χ1n) is 11.8. The number of hydrogen-bond acceptors (Lipinski definition) is 7. The van der Waals surface area contributed by atoms with Crippen LogP contribution in [0.3, 0.4) is 0 Å². The first kappa shape index (κ1) is 27.2. The minimum absolute atomic E-state index is 0.116. The van der Waals surface area contributed by atoms with Crippen LogP contribution in [0.5, 0.6) is 0 Å². The molecule has 1 heterocycles. The fourth-order valence-electron chi connectivity index (χ4n) is 3.75. The van der Waals surface area contributed by atoms with Gasteiger partial charge in [0.05, 0.1) is 23.3 Å². The molecule has 4 rings (SSSR count). The molecule has 0 aliphatic heterocycles. The molecular formula is C28H27N3O5S2. The number of rotatable bonds is 9. The molecule has 0 fully saturated rings. The van der Waals surface area contributed by atoms with Gasteiger partial charge in [-0.15, -0.1) is 11.3 Å². The number of benzene rings is 3. The zero-order valence-electron chi connectivity index (χ0n) is 21.1. The number of ether oxygens (including phenoxy) is 1. The molecule has 0 radical (unpaired) electrons. The smallest absolute Gasteiger partial charge is 0.337 e. The van der Waals surface area contributed by atoms with Crippen LogP contribution in [-0.4, -0.2) is 42.7 Å². The van der Waals surface area contributed by atoms with Crippen LogP contribution in [0.25, 0.3) is 11.3 Å². The summed E-state index contributed by atoms with van der Waals surface area (Å²) in [5.41, 5.74) is 3.07. The van der Waals surface area contributed by atoms with Crippen molar-refractivity contribution in [2.75, 3.05) is 12.4 Å². The van der Waals surface area contributed by atoms with E-state index in [1.807, 2.05) is 44.2 Å². The molecule has 0 spiro atoms. The molecule has 0 bridgehead atoms. The molecule has 0 saturated heterocycles. The fourth-order valence-corrected chi connectivity index (χ4v) is 6.09. The minimum Gasteiger partial charge on any atom is -0.465 e. The number of carbonyl (C=O) groups is 2. The molecule has 0 aliphatic rings. The maximum Gasteiger partial charge on any atom is 0.337 e. The Labute approximate surface area is 226 Å². The minimum atomic E-state index is -3.78. The Morgan fingerprint density at radius 2 is 1.58 bits per heavy atom. The maximum absolute atomic E-state index is 13.4. The third-order valence-electron chi connectivity index (χ3n) is 5.81. The molecule has 0 aliphatic carbocycles. The lowest BCUT2D eigenvalue weighted by atomic mass is 10.1. The van der Waals surface area contributed by atoms with E-state index in [1.165, 1.54) is 47.0 Å². The van der Waals surface area contributed by atoms with Gasteiger partial charge in [0.15, 0.2) is 5.13 Å². The van der Waals surface area contributed by atoms with Gasteiger partial charge in [0.2, 0.25) is 10.0 Å². The Morgan fingerprint density at radius 3 is 2.18 bits per heavy atom. The second-order valence-electron chi connectivity index (χ2n) is 8.71. The van der Waals surface area contributed by atoms with Crippen LogP contribution in [0.1, 0.15) is 40.1 Å². The van der Waals surface area contributed by atoms with E-state index in [-0.39, 0.29) is 17.5 Å². The lowest BCUT2D eigenvalue weighted by molar-refractivity contribution is 0.0600. The molecular weight excluding hydrogens is 522 g/mol. The number of methoxy groups -OCH3 is 1. The number of amides is 1. The van der Waals surface area contributed by atoms with Crippen LogP contribution >= 0.6 is 11.3 Å². The predicted molar refractivity (Wildman–Crippen MR) is 148 cm³/mol. The monoisotopic (exact) mass is 549 g/mol. The highest BCUT2D eigenvalue weighted by Gasteiger charge is 2.27. The van der Waals surface area contributed by atoms with E-state index in [0.29, 0.717) is 22.0 Å². The van der Waals surface area contributed by atoms with Gasteiger partial charge in [-0.25, -0.2) is 18.2 Å². The molecule has 1 N–H and O–H groups in total. The van der Waals surface area contributed by atoms with Gasteiger partial charge in [-0.05, 0) is 55.8 Å². The van der Waals surface area contributed by atoms with Crippen molar-refractivity contribution in [3.63, 3.8) is 0 Å². The van der Waals surface area contributed by atoms with E-state index in [9.17, 15) is 18.0 Å². The van der Waals surface area contributed by atoms with Gasteiger partial charge in [-0.1, -0.05) is 42.5 Å². The van der Waals surface area contributed by atoms with E-state index in [2.05, 4.69) is 10.3 Å². The number of nitrogens with one attached hydrogen (secondary N) is 1. The Balaban J connectivity index is 1.45. The molecule has 10 heteroatoms. The number of carbonyl (C=O) groups excluding carboxylic acids is 2. The van der Waals surface area contributed by atoms with Crippen molar-refractivity contribution >= 4 is 38.4 Å². The number of esters is 1. The van der Waals surface area contributed by atoms with Crippen LogP contribution in [-0.2, 0) is 21.3 Å². The Hall–Kier alpha value is -3.86. The highest BCUT2D eigenvalue weighted by Crippen LogP contribution is 2.26. The van der Waals surface area contributed by atoms with E-state index in [4.69, 9.17) is 4.74 Å². The molecule has 0 unspecified atom stereocenters. The average molecular weight is 550 g/mol. The third kappa shape index (κ3) is 6.16. The average Bonchev–Trinajstić information content (AvgIpc) is 3.40. The van der Waals surface area contributed by atoms with Crippen LogP contribution in [0, 0.1) is 0 Å². The maximum atomic E-state index is 13.4.